The van der Waals surface area contributed by atoms with Gasteiger partial charge in [-0.25, -0.2) is 30.0 Å². The van der Waals surface area contributed by atoms with Crippen molar-refractivity contribution < 1.29 is 115 Å². The molecule has 0 atom stereocenters. The van der Waals surface area contributed by atoms with Gasteiger partial charge in [0.05, 0.1) is 179 Å². The molecule has 0 heterocycles. The molecule has 0 fully saturated rings. The fourth-order valence-corrected chi connectivity index (χ4v) is 16.6. The fourth-order valence-electron chi connectivity index (χ4n) is 11.8. The molecule has 0 aliphatic heterocycles. The number of ether oxygens (including phenoxy) is 19. The molecular formula is C105H159N5O25S4. The summed E-state index contributed by atoms with van der Waals surface area (Å²) in [6, 6.07) is 71.8. The summed E-state index contributed by atoms with van der Waals surface area (Å²) in [4.78, 5) is 4.60. The van der Waals surface area contributed by atoms with E-state index in [1.807, 2.05) is 90.6 Å². The molecule has 0 aliphatic rings. The molecule has 9 aromatic carbocycles. The van der Waals surface area contributed by atoms with Gasteiger partial charge in [0.15, 0.2) is 9.84 Å². The molecule has 0 spiro atoms. The summed E-state index contributed by atoms with van der Waals surface area (Å²) in [5.41, 5.74) is 9.74. The number of rotatable bonds is 62. The van der Waals surface area contributed by atoms with Crippen molar-refractivity contribution in [1.82, 2.24) is 24.1 Å². The summed E-state index contributed by atoms with van der Waals surface area (Å²) in [7, 11) is 16.6. The minimum absolute atomic E-state index is 0.0410. The minimum Gasteiger partial charge on any atom is -0.497 e. The number of nitrogens with one attached hydrogen (secondary N) is 2. The van der Waals surface area contributed by atoms with E-state index in [2.05, 4.69) is 114 Å². The van der Waals surface area contributed by atoms with Crippen molar-refractivity contribution in [3.05, 3.63) is 275 Å². The predicted octanol–water partition coefficient (Wildman–Crippen LogP) is 15.0. The van der Waals surface area contributed by atoms with Crippen LogP contribution in [0, 0.1) is 0 Å². The molecule has 30 nitrogen and oxygen atoms in total. The van der Waals surface area contributed by atoms with Crippen molar-refractivity contribution in [3.63, 3.8) is 0 Å². The van der Waals surface area contributed by atoms with Gasteiger partial charge in [0.25, 0.3) is 0 Å². The van der Waals surface area contributed by atoms with Gasteiger partial charge in [-0.05, 0) is 168 Å². The molecule has 0 aromatic heterocycles. The summed E-state index contributed by atoms with van der Waals surface area (Å²) in [6.45, 7) is 21.1. The third-order valence-corrected chi connectivity index (χ3v) is 25.9. The second-order valence-corrected chi connectivity index (χ2v) is 37.5. The number of sulfone groups is 1. The molecule has 9 aromatic rings. The van der Waals surface area contributed by atoms with Crippen LogP contribution in [-0.4, -0.2) is 309 Å². The average Bonchev–Trinajstić information content (AvgIpc) is 0.839. The molecule has 0 aliphatic carbocycles. The van der Waals surface area contributed by atoms with E-state index in [0.29, 0.717) is 77.4 Å². The molecule has 0 amide bonds. The van der Waals surface area contributed by atoms with Crippen LogP contribution in [0.15, 0.2) is 224 Å². The molecular weight excluding hydrogens is 1860 g/mol. The maximum Gasteiger partial charge on any atom is 0.218 e. The SMILES string of the molecule is CCN(C)CCOCCc1ccc(OC)cc1.CCN(CCOC)Cc1ccc(OC)cc1.COCCN(CCOC)S(=O)(=O)Cc1ccc(OC)cc1.COCCNS(=O)(=O)Cc1ccc(OC)cc1.COCCOCCSCc1ccc(OC)cc1.COCCOCc1ccccc1OC.COCCS(=O)(=O)Cc1ccc(OC)cc1.COc1ccc(CCOCCNCc2ccccc2)cc1. The van der Waals surface area contributed by atoms with Gasteiger partial charge in [-0.15, -0.1) is 0 Å². The lowest BCUT2D eigenvalue weighted by Gasteiger charge is -2.21. The highest BCUT2D eigenvalue weighted by molar-refractivity contribution is 7.98. The number of hydrogen-bond acceptors (Lipinski definition) is 29. The number of methoxy groups -OCH3 is 15. The van der Waals surface area contributed by atoms with Crippen LogP contribution in [0.5, 0.6) is 46.0 Å². The molecule has 0 saturated carbocycles. The lowest BCUT2D eigenvalue weighted by molar-refractivity contribution is 0.0608. The van der Waals surface area contributed by atoms with Gasteiger partial charge in [-0.2, -0.15) is 16.1 Å². The van der Waals surface area contributed by atoms with E-state index in [1.54, 1.807) is 165 Å². The molecule has 778 valence electrons. The zero-order chi connectivity index (χ0) is 102. The third-order valence-electron chi connectivity index (χ3n) is 20.2. The van der Waals surface area contributed by atoms with Crippen LogP contribution >= 0.6 is 11.8 Å². The lowest BCUT2D eigenvalue weighted by atomic mass is 10.1. The van der Waals surface area contributed by atoms with Crippen LogP contribution < -0.4 is 47.9 Å². The topological polar surface area (TPSA) is 312 Å². The van der Waals surface area contributed by atoms with Crippen LogP contribution in [-0.2, 0) is 138 Å². The molecule has 34 heteroatoms. The fraction of sp³-hybridized carbons (Fsp3) is 0.486. The van der Waals surface area contributed by atoms with Crippen molar-refractivity contribution in [2.45, 2.75) is 69.4 Å². The second-order valence-electron chi connectivity index (χ2n) is 30.5. The van der Waals surface area contributed by atoms with Gasteiger partial charge < -0.3 is 100 Å². The van der Waals surface area contributed by atoms with E-state index in [-0.39, 0.29) is 36.2 Å². The summed E-state index contributed by atoms with van der Waals surface area (Å²) >= 11 is 1.87. The number of sulfonamides is 2. The number of nitrogens with zero attached hydrogens (tertiary/aromatic N) is 3. The molecule has 0 saturated heterocycles. The van der Waals surface area contributed by atoms with Crippen molar-refractivity contribution in [1.29, 1.82) is 0 Å². The number of thioether (sulfide) groups is 1. The highest BCUT2D eigenvalue weighted by Crippen LogP contribution is 2.23. The van der Waals surface area contributed by atoms with Gasteiger partial charge in [0.2, 0.25) is 20.0 Å². The van der Waals surface area contributed by atoms with Gasteiger partial charge in [-0.1, -0.05) is 147 Å². The second kappa shape index (κ2) is 81.5. The summed E-state index contributed by atoms with van der Waals surface area (Å²) in [5, 5.41) is 3.37. The minimum atomic E-state index is -3.41. The van der Waals surface area contributed by atoms with E-state index in [0.717, 1.165) is 167 Å². The zero-order valence-corrected chi connectivity index (χ0v) is 88.6. The highest BCUT2D eigenvalue weighted by Gasteiger charge is 2.23. The van der Waals surface area contributed by atoms with E-state index in [9.17, 15) is 25.3 Å². The first-order chi connectivity index (χ1) is 67.3. The lowest BCUT2D eigenvalue weighted by Crippen LogP contribution is -2.37. The first kappa shape index (κ1) is 126. The molecule has 0 bridgehead atoms. The maximum absolute atomic E-state index is 12.4. The van der Waals surface area contributed by atoms with Crippen molar-refractivity contribution in [3.8, 4) is 46.0 Å². The van der Waals surface area contributed by atoms with Crippen LogP contribution in [0.25, 0.3) is 0 Å². The van der Waals surface area contributed by atoms with Crippen LogP contribution in [0.1, 0.15) is 63.9 Å². The standard InChI is InChI=1S/C18H23NO2.C14H23NO5S.C14H23NO2.C13H21NO2.C13H20O3S.C11H17NO4S.C11H16O4S.C11H16O3/c1-20-18-9-7-16(8-10-18)11-13-21-14-12-19-15-17-5-3-2-4-6-17;1-18-10-8-15(9-11-19-2)21(16,17)12-13-4-6-14(20-3)7-5-13;1-4-15(2)10-12-17-11-9-13-5-7-14(16-3)8-6-13;1-4-14(9-10-15-2)11-12-5-7-13(16-3)8-6-12;1-14-7-8-16-9-10-17-11-12-3-5-13(15-2)6-4-12;1-15-8-7-12-17(13,14)9-10-3-5-11(16-2)6-4-10;1-14-7-8-16(12,13)9-10-3-5-11(15-2)6-4-10;1-12-7-8-14-9-10-5-3-4-6-11(10)13-2/h2-10,19H,11-15H2,1H3;4-7H,8-12H2,1-3H3;5-8H,4,9-12H2,1-3H3;5-8H,4,9-11H2,1-3H3;3-6H,7-11H2,1-2H3;3-6,12H,7-9H2,1-2H3;3-6H,7-9H2,1-2H3;3-6H,7-9H2,1-2H3. The smallest absolute Gasteiger partial charge is 0.218 e. The Morgan fingerprint density at radius 3 is 1.15 bits per heavy atom. The van der Waals surface area contributed by atoms with Crippen molar-refractivity contribution in [2.75, 3.05) is 270 Å². The zero-order valence-electron chi connectivity index (χ0n) is 85.4. The highest BCUT2D eigenvalue weighted by atomic mass is 32.2. The monoisotopic (exact) mass is 2020 g/mol. The van der Waals surface area contributed by atoms with Crippen molar-refractivity contribution >= 4 is 41.6 Å². The largest absolute Gasteiger partial charge is 0.497 e. The van der Waals surface area contributed by atoms with Gasteiger partial charge >= 0.3 is 0 Å². The molecule has 139 heavy (non-hydrogen) atoms. The number of para-hydroxylation sites is 1. The Balaban J connectivity index is 0.000000539. The Hall–Kier alpha value is -9.06. The Bertz CT molecular complexity index is 4760. The summed E-state index contributed by atoms with van der Waals surface area (Å²) in [5.74, 6) is 8.62. The molecule has 9 rings (SSSR count). The number of hydrogen-bond donors (Lipinski definition) is 2. The van der Waals surface area contributed by atoms with Crippen LogP contribution in [0.3, 0.4) is 0 Å². The van der Waals surface area contributed by atoms with Crippen LogP contribution in [0.4, 0.5) is 0 Å². The van der Waals surface area contributed by atoms with E-state index in [4.69, 9.17) is 90.0 Å². The Morgan fingerprint density at radius 2 is 0.712 bits per heavy atom. The van der Waals surface area contributed by atoms with Crippen LogP contribution in [0.2, 0.25) is 0 Å². The van der Waals surface area contributed by atoms with E-state index >= 15 is 0 Å². The van der Waals surface area contributed by atoms with Gasteiger partial charge in [0.1, 0.15) is 46.0 Å². The Morgan fingerprint density at radius 1 is 0.317 bits per heavy atom. The van der Waals surface area contributed by atoms with Gasteiger partial charge in [-0.3, -0.25) is 4.90 Å². The molecule has 0 radical (unpaired) electrons. The summed E-state index contributed by atoms with van der Waals surface area (Å²) < 4.78 is 172. The first-order valence-corrected chi connectivity index (χ1v) is 52.2. The van der Waals surface area contributed by atoms with E-state index < -0.39 is 29.9 Å². The molecule has 0 unspecified atom stereocenters. The van der Waals surface area contributed by atoms with E-state index in [1.165, 1.54) is 46.3 Å². The molecule has 2 N–H and O–H groups in total. The predicted molar refractivity (Wildman–Crippen MR) is 557 cm³/mol. The first-order valence-electron chi connectivity index (χ1n) is 46.0. The number of benzene rings is 9. The van der Waals surface area contributed by atoms with Crippen molar-refractivity contribution in [2.24, 2.45) is 0 Å². The maximum atomic E-state index is 12.4. The summed E-state index contributed by atoms with van der Waals surface area (Å²) in [6.07, 6.45) is 1.89. The average molecular weight is 2020 g/mol. The third kappa shape index (κ3) is 63.5. The quantitative estimate of drug-likeness (QED) is 0.0335. The normalized spacial score (nSPS) is 10.9. The Labute approximate surface area is 835 Å². The number of likely N-dealkylation sites (N-methyl/N-ethyl adjacent to an activating group) is 2. The Kier molecular flexibility index (Phi) is 73.9. The van der Waals surface area contributed by atoms with Gasteiger partial charge in [0, 0.05) is 119 Å².